The Morgan fingerprint density at radius 3 is 2.43 bits per heavy atom. The average molecular weight is 217 g/mol. The molecule has 1 aromatic rings. The van der Waals surface area contributed by atoms with Crippen LogP contribution in [0.1, 0.15) is 10.9 Å². The fraction of sp³-hybridized carbons (Fsp3) is 0.111. The fourth-order valence-electron chi connectivity index (χ4n) is 0.930. The summed E-state index contributed by atoms with van der Waals surface area (Å²) >= 11 is 5.49. The first-order valence-electron chi connectivity index (χ1n) is 3.69. The van der Waals surface area contributed by atoms with Crippen LogP contribution in [0.25, 0.3) is 0 Å². The molecule has 0 amide bonds. The van der Waals surface area contributed by atoms with Crippen LogP contribution in [0.2, 0.25) is 0 Å². The van der Waals surface area contributed by atoms with Crippen molar-refractivity contribution in [2.45, 2.75) is 5.38 Å². The van der Waals surface area contributed by atoms with Crippen LogP contribution < -0.4 is 0 Å². The third-order valence-electron chi connectivity index (χ3n) is 1.62. The Labute approximate surface area is 84.1 Å². The zero-order valence-electron chi connectivity index (χ0n) is 6.91. The van der Waals surface area contributed by atoms with Crippen LogP contribution in [0.15, 0.2) is 24.3 Å². The van der Waals surface area contributed by atoms with Gasteiger partial charge in [0.05, 0.1) is 0 Å². The van der Waals surface area contributed by atoms with E-state index in [4.69, 9.17) is 16.7 Å². The zero-order chi connectivity index (χ0) is 10.7. The predicted octanol–water partition coefficient (Wildman–Crippen LogP) is 1.76. The van der Waals surface area contributed by atoms with E-state index in [2.05, 4.69) is 0 Å². The summed E-state index contributed by atoms with van der Waals surface area (Å²) in [6.45, 7) is 0. The molecule has 0 aromatic heterocycles. The molecule has 0 heterocycles. The first-order chi connectivity index (χ1) is 6.54. The van der Waals surface area contributed by atoms with Gasteiger partial charge in [-0.25, -0.2) is 9.18 Å². The molecule has 0 aliphatic carbocycles. The quantitative estimate of drug-likeness (QED) is 0.619. The monoisotopic (exact) mass is 216 g/mol. The first kappa shape index (κ1) is 10.7. The van der Waals surface area contributed by atoms with Gasteiger partial charge in [-0.1, -0.05) is 18.2 Å². The number of carbonyl (C=O) groups excluding carboxylic acids is 1. The van der Waals surface area contributed by atoms with Crippen molar-refractivity contribution in [3.05, 3.63) is 35.6 Å². The molecule has 1 rings (SSSR count). The summed E-state index contributed by atoms with van der Waals surface area (Å²) in [5, 5.41) is 6.87. The molecule has 74 valence electrons. The standard InChI is InChI=1S/C9H6ClFO3/c10-7(8(12)9(13)14)5-3-1-2-4-6(5)11/h1-4,7H,(H,13,14). The van der Waals surface area contributed by atoms with Crippen LogP contribution in [0, 0.1) is 5.82 Å². The number of aliphatic carboxylic acids is 1. The summed E-state index contributed by atoms with van der Waals surface area (Å²) in [5.41, 5.74) is -0.124. The van der Waals surface area contributed by atoms with Gasteiger partial charge in [0, 0.05) is 5.56 Å². The van der Waals surface area contributed by atoms with Gasteiger partial charge >= 0.3 is 5.97 Å². The van der Waals surface area contributed by atoms with Crippen molar-refractivity contribution in [2.75, 3.05) is 0 Å². The van der Waals surface area contributed by atoms with E-state index in [1.807, 2.05) is 0 Å². The van der Waals surface area contributed by atoms with Gasteiger partial charge in [0.15, 0.2) is 0 Å². The number of carboxylic acids is 1. The minimum Gasteiger partial charge on any atom is -0.475 e. The number of carboxylic acid groups (broad SMARTS) is 1. The molecule has 3 nitrogen and oxygen atoms in total. The van der Waals surface area contributed by atoms with Gasteiger partial charge < -0.3 is 5.11 Å². The second kappa shape index (κ2) is 4.19. The molecule has 1 unspecified atom stereocenters. The Kier molecular flexibility index (Phi) is 3.19. The van der Waals surface area contributed by atoms with E-state index in [0.717, 1.165) is 6.07 Å². The number of benzene rings is 1. The third kappa shape index (κ3) is 2.09. The molecule has 0 bridgehead atoms. The topological polar surface area (TPSA) is 54.4 Å². The third-order valence-corrected chi connectivity index (χ3v) is 2.05. The van der Waals surface area contributed by atoms with Gasteiger partial charge in [-0.15, -0.1) is 11.6 Å². The number of alkyl halides is 1. The van der Waals surface area contributed by atoms with Crippen molar-refractivity contribution in [3.8, 4) is 0 Å². The molecule has 0 radical (unpaired) electrons. The molecular weight excluding hydrogens is 211 g/mol. The van der Waals surface area contributed by atoms with Crippen LogP contribution in [0.5, 0.6) is 0 Å². The molecular formula is C9H6ClFO3. The van der Waals surface area contributed by atoms with E-state index in [0.29, 0.717) is 0 Å². The smallest absolute Gasteiger partial charge is 0.374 e. The average Bonchev–Trinajstić information content (AvgIpc) is 2.16. The van der Waals surface area contributed by atoms with Crippen LogP contribution in [-0.2, 0) is 9.59 Å². The Morgan fingerprint density at radius 1 is 1.36 bits per heavy atom. The van der Waals surface area contributed by atoms with Gasteiger partial charge in [-0.05, 0) is 6.07 Å². The van der Waals surface area contributed by atoms with Crippen LogP contribution in [-0.4, -0.2) is 16.9 Å². The first-order valence-corrected chi connectivity index (χ1v) is 4.13. The highest BCUT2D eigenvalue weighted by Crippen LogP contribution is 2.23. The molecule has 0 saturated carbocycles. The number of carbonyl (C=O) groups is 2. The lowest BCUT2D eigenvalue weighted by Crippen LogP contribution is -2.18. The molecule has 0 spiro atoms. The lowest BCUT2D eigenvalue weighted by molar-refractivity contribution is -0.149. The minimum atomic E-state index is -1.67. The molecule has 0 aliphatic heterocycles. The number of rotatable bonds is 3. The van der Waals surface area contributed by atoms with Crippen LogP contribution in [0.3, 0.4) is 0 Å². The largest absolute Gasteiger partial charge is 0.475 e. The van der Waals surface area contributed by atoms with Gasteiger partial charge in [-0.2, -0.15) is 0 Å². The molecule has 0 saturated heterocycles. The van der Waals surface area contributed by atoms with Gasteiger partial charge in [-0.3, -0.25) is 4.79 Å². The maximum atomic E-state index is 13.0. The number of ketones is 1. The molecule has 0 aliphatic rings. The van der Waals surface area contributed by atoms with Crippen molar-refractivity contribution in [3.63, 3.8) is 0 Å². The molecule has 14 heavy (non-hydrogen) atoms. The van der Waals surface area contributed by atoms with Crippen molar-refractivity contribution in [1.29, 1.82) is 0 Å². The number of hydrogen-bond acceptors (Lipinski definition) is 2. The molecule has 1 N–H and O–H groups in total. The number of halogens is 2. The highest BCUT2D eigenvalue weighted by Gasteiger charge is 2.26. The molecule has 5 heteroatoms. The van der Waals surface area contributed by atoms with Gasteiger partial charge in [0.1, 0.15) is 11.2 Å². The Hall–Kier alpha value is -1.42. The summed E-state index contributed by atoms with van der Waals surface area (Å²) in [6.07, 6.45) is 0. The minimum absolute atomic E-state index is 0.124. The van der Waals surface area contributed by atoms with Gasteiger partial charge in [0.25, 0.3) is 5.78 Å². The maximum absolute atomic E-state index is 13.0. The van der Waals surface area contributed by atoms with E-state index < -0.39 is 22.9 Å². The summed E-state index contributed by atoms with van der Waals surface area (Å²) in [6, 6.07) is 5.28. The molecule has 1 atom stereocenters. The van der Waals surface area contributed by atoms with E-state index in [9.17, 15) is 14.0 Å². The van der Waals surface area contributed by atoms with E-state index in [1.165, 1.54) is 18.2 Å². The molecule has 0 fully saturated rings. The predicted molar refractivity (Wildman–Crippen MR) is 47.6 cm³/mol. The lowest BCUT2D eigenvalue weighted by Gasteiger charge is -2.06. The van der Waals surface area contributed by atoms with E-state index in [1.54, 1.807) is 0 Å². The summed E-state index contributed by atoms with van der Waals surface area (Å²) in [4.78, 5) is 21.2. The van der Waals surface area contributed by atoms with Crippen molar-refractivity contribution in [1.82, 2.24) is 0 Å². The highest BCUT2D eigenvalue weighted by molar-refractivity contribution is 6.47. The van der Waals surface area contributed by atoms with Gasteiger partial charge in [0.2, 0.25) is 0 Å². The summed E-state index contributed by atoms with van der Waals surface area (Å²) in [7, 11) is 0. The number of Topliss-reactive ketones (excluding diaryl/α,β-unsaturated/α-hetero) is 1. The maximum Gasteiger partial charge on any atom is 0.374 e. The van der Waals surface area contributed by atoms with E-state index in [-0.39, 0.29) is 5.56 Å². The Balaban J connectivity index is 3.01. The van der Waals surface area contributed by atoms with Crippen molar-refractivity contribution >= 4 is 23.4 Å². The summed E-state index contributed by atoms with van der Waals surface area (Å²) in [5.74, 6) is -3.60. The second-order valence-electron chi connectivity index (χ2n) is 2.55. The Morgan fingerprint density at radius 2 is 1.93 bits per heavy atom. The fourth-order valence-corrected chi connectivity index (χ4v) is 1.20. The summed E-state index contributed by atoms with van der Waals surface area (Å²) < 4.78 is 13.0. The second-order valence-corrected chi connectivity index (χ2v) is 2.99. The van der Waals surface area contributed by atoms with Crippen LogP contribution >= 0.6 is 11.6 Å². The SMILES string of the molecule is O=C(O)C(=O)C(Cl)c1ccccc1F. The normalized spacial score (nSPS) is 12.1. The van der Waals surface area contributed by atoms with E-state index >= 15 is 0 Å². The Bertz CT molecular complexity index is 378. The highest BCUT2D eigenvalue weighted by atomic mass is 35.5. The molecule has 1 aromatic carbocycles. The lowest BCUT2D eigenvalue weighted by atomic mass is 10.1. The van der Waals surface area contributed by atoms with Crippen molar-refractivity contribution < 1.29 is 19.1 Å². The number of hydrogen-bond donors (Lipinski definition) is 1. The zero-order valence-corrected chi connectivity index (χ0v) is 7.66. The van der Waals surface area contributed by atoms with Crippen LogP contribution in [0.4, 0.5) is 4.39 Å². The van der Waals surface area contributed by atoms with Crippen molar-refractivity contribution in [2.24, 2.45) is 0 Å².